The number of amides is 1. The fourth-order valence-corrected chi connectivity index (χ4v) is 1.15. The number of aromatic nitrogens is 3. The van der Waals surface area contributed by atoms with Gasteiger partial charge in [0.05, 0.1) is 24.0 Å². The lowest BCUT2D eigenvalue weighted by Gasteiger charge is -2.01. The fraction of sp³-hybridized carbons (Fsp3) is 0.100. The maximum absolute atomic E-state index is 11.5. The van der Waals surface area contributed by atoms with Gasteiger partial charge < -0.3 is 5.32 Å². The van der Waals surface area contributed by atoms with Gasteiger partial charge in [0.1, 0.15) is 0 Å². The number of carbonyl (C=O) groups is 1. The molecule has 76 valence electrons. The number of pyridine rings is 1. The third kappa shape index (κ3) is 2.40. The second-order valence-electron chi connectivity index (χ2n) is 2.99. The van der Waals surface area contributed by atoms with Crippen LogP contribution in [0.4, 0.5) is 0 Å². The van der Waals surface area contributed by atoms with Crippen LogP contribution in [0.1, 0.15) is 16.1 Å². The molecule has 0 aliphatic carbocycles. The van der Waals surface area contributed by atoms with Crippen LogP contribution >= 0.6 is 0 Å². The maximum atomic E-state index is 11.5. The van der Waals surface area contributed by atoms with Gasteiger partial charge in [-0.3, -0.25) is 14.9 Å². The first-order valence-electron chi connectivity index (χ1n) is 4.53. The van der Waals surface area contributed by atoms with E-state index in [1.807, 2.05) is 18.2 Å². The van der Waals surface area contributed by atoms with E-state index in [1.165, 1.54) is 6.20 Å². The van der Waals surface area contributed by atoms with Gasteiger partial charge in [-0.25, -0.2) is 0 Å². The molecule has 5 heteroatoms. The molecule has 2 N–H and O–H groups in total. The van der Waals surface area contributed by atoms with Crippen LogP contribution in [-0.4, -0.2) is 21.1 Å². The smallest absolute Gasteiger partial charge is 0.254 e. The minimum Gasteiger partial charge on any atom is -0.346 e. The van der Waals surface area contributed by atoms with Crippen molar-refractivity contribution >= 4 is 5.91 Å². The second-order valence-corrected chi connectivity index (χ2v) is 2.99. The zero-order valence-corrected chi connectivity index (χ0v) is 7.97. The minimum atomic E-state index is -0.158. The summed E-state index contributed by atoms with van der Waals surface area (Å²) in [6.45, 7) is 0.421. The predicted octanol–water partition coefficient (Wildman–Crippen LogP) is 0.735. The highest BCUT2D eigenvalue weighted by Crippen LogP contribution is 1.96. The summed E-state index contributed by atoms with van der Waals surface area (Å²) < 4.78 is 0. The Morgan fingerprint density at radius 1 is 1.47 bits per heavy atom. The first kappa shape index (κ1) is 9.39. The van der Waals surface area contributed by atoms with Crippen LogP contribution in [0.25, 0.3) is 0 Å². The van der Waals surface area contributed by atoms with Gasteiger partial charge in [0.15, 0.2) is 0 Å². The zero-order chi connectivity index (χ0) is 10.5. The summed E-state index contributed by atoms with van der Waals surface area (Å²) in [7, 11) is 0. The van der Waals surface area contributed by atoms with Crippen molar-refractivity contribution in [2.75, 3.05) is 0 Å². The molecule has 0 unspecified atom stereocenters. The highest BCUT2D eigenvalue weighted by atomic mass is 16.1. The summed E-state index contributed by atoms with van der Waals surface area (Å²) >= 11 is 0. The Morgan fingerprint density at radius 3 is 3.07 bits per heavy atom. The van der Waals surface area contributed by atoms with Crippen molar-refractivity contribution in [1.82, 2.24) is 20.5 Å². The van der Waals surface area contributed by atoms with Crippen molar-refractivity contribution in [2.45, 2.75) is 6.54 Å². The number of H-pyrrole nitrogens is 1. The largest absolute Gasteiger partial charge is 0.346 e. The van der Waals surface area contributed by atoms with Crippen LogP contribution < -0.4 is 5.32 Å². The molecule has 15 heavy (non-hydrogen) atoms. The van der Waals surface area contributed by atoms with Gasteiger partial charge in [0.25, 0.3) is 5.91 Å². The monoisotopic (exact) mass is 202 g/mol. The Hall–Kier alpha value is -2.17. The average Bonchev–Trinajstić information content (AvgIpc) is 2.81. The molecule has 0 aromatic carbocycles. The molecular formula is C10H10N4O. The van der Waals surface area contributed by atoms with E-state index in [4.69, 9.17) is 0 Å². The van der Waals surface area contributed by atoms with Crippen molar-refractivity contribution in [2.24, 2.45) is 0 Å². The molecule has 5 nitrogen and oxygen atoms in total. The molecule has 0 aliphatic heterocycles. The molecule has 2 rings (SSSR count). The Labute approximate surface area is 86.5 Å². The summed E-state index contributed by atoms with van der Waals surface area (Å²) in [5, 5.41) is 9.02. The van der Waals surface area contributed by atoms with Gasteiger partial charge in [0.2, 0.25) is 0 Å². The number of aromatic amines is 1. The van der Waals surface area contributed by atoms with Gasteiger partial charge in [-0.1, -0.05) is 6.07 Å². The molecule has 0 aliphatic rings. The van der Waals surface area contributed by atoms with E-state index in [0.717, 1.165) is 5.69 Å². The van der Waals surface area contributed by atoms with E-state index in [0.29, 0.717) is 12.1 Å². The summed E-state index contributed by atoms with van der Waals surface area (Å²) in [6.07, 6.45) is 4.72. The SMILES string of the molecule is O=C(NCc1ccccn1)c1cn[nH]c1. The lowest BCUT2D eigenvalue weighted by atomic mass is 10.3. The van der Waals surface area contributed by atoms with Gasteiger partial charge >= 0.3 is 0 Å². The summed E-state index contributed by atoms with van der Waals surface area (Å²) in [6, 6.07) is 5.57. The lowest BCUT2D eigenvalue weighted by molar-refractivity contribution is 0.0950. The van der Waals surface area contributed by atoms with E-state index in [-0.39, 0.29) is 5.91 Å². The highest BCUT2D eigenvalue weighted by Gasteiger charge is 2.05. The van der Waals surface area contributed by atoms with Gasteiger partial charge in [-0.05, 0) is 12.1 Å². The molecule has 0 radical (unpaired) electrons. The Balaban J connectivity index is 1.92. The molecule has 0 saturated heterocycles. The number of hydrogen-bond donors (Lipinski definition) is 2. The Morgan fingerprint density at radius 2 is 2.40 bits per heavy atom. The summed E-state index contributed by atoms with van der Waals surface area (Å²) in [5.74, 6) is -0.158. The summed E-state index contributed by atoms with van der Waals surface area (Å²) in [4.78, 5) is 15.6. The zero-order valence-electron chi connectivity index (χ0n) is 7.97. The first-order valence-corrected chi connectivity index (χ1v) is 4.53. The molecule has 0 saturated carbocycles. The van der Waals surface area contributed by atoms with E-state index in [1.54, 1.807) is 12.4 Å². The second kappa shape index (κ2) is 4.36. The first-order chi connectivity index (χ1) is 7.36. The van der Waals surface area contributed by atoms with Crippen molar-refractivity contribution in [3.05, 3.63) is 48.0 Å². The van der Waals surface area contributed by atoms with Gasteiger partial charge in [-0.2, -0.15) is 5.10 Å². The molecule has 0 spiro atoms. The quantitative estimate of drug-likeness (QED) is 0.771. The molecule has 0 fully saturated rings. The number of nitrogens with one attached hydrogen (secondary N) is 2. The minimum absolute atomic E-state index is 0.158. The molecule has 2 aromatic heterocycles. The number of carbonyl (C=O) groups excluding carboxylic acids is 1. The third-order valence-corrected chi connectivity index (χ3v) is 1.92. The number of rotatable bonds is 3. The normalized spacial score (nSPS) is 9.87. The van der Waals surface area contributed by atoms with Crippen LogP contribution in [0.5, 0.6) is 0 Å². The molecule has 1 amide bonds. The molecule has 2 heterocycles. The van der Waals surface area contributed by atoms with Crippen molar-refractivity contribution in [1.29, 1.82) is 0 Å². The number of nitrogens with zero attached hydrogens (tertiary/aromatic N) is 2. The predicted molar refractivity (Wildman–Crippen MR) is 54.0 cm³/mol. The molecule has 2 aromatic rings. The van der Waals surface area contributed by atoms with Crippen molar-refractivity contribution < 1.29 is 4.79 Å². The molecule has 0 bridgehead atoms. The third-order valence-electron chi connectivity index (χ3n) is 1.92. The fourth-order valence-electron chi connectivity index (χ4n) is 1.15. The molecule has 0 atom stereocenters. The van der Waals surface area contributed by atoms with E-state index in [2.05, 4.69) is 20.5 Å². The molecular weight excluding hydrogens is 192 g/mol. The van der Waals surface area contributed by atoms with Crippen LogP contribution in [0, 0.1) is 0 Å². The van der Waals surface area contributed by atoms with E-state index < -0.39 is 0 Å². The average molecular weight is 202 g/mol. The van der Waals surface area contributed by atoms with Gasteiger partial charge in [0, 0.05) is 12.4 Å². The highest BCUT2D eigenvalue weighted by molar-refractivity contribution is 5.93. The van der Waals surface area contributed by atoms with Crippen LogP contribution in [-0.2, 0) is 6.54 Å². The standard InChI is InChI=1S/C10H10N4O/c15-10(8-5-13-14-6-8)12-7-9-3-1-2-4-11-9/h1-6H,7H2,(H,12,15)(H,13,14). The van der Waals surface area contributed by atoms with Gasteiger partial charge in [-0.15, -0.1) is 0 Å². The summed E-state index contributed by atoms with van der Waals surface area (Å²) in [5.41, 5.74) is 1.35. The topological polar surface area (TPSA) is 70.7 Å². The van der Waals surface area contributed by atoms with Crippen molar-refractivity contribution in [3.8, 4) is 0 Å². The van der Waals surface area contributed by atoms with E-state index >= 15 is 0 Å². The maximum Gasteiger partial charge on any atom is 0.254 e. The van der Waals surface area contributed by atoms with Crippen LogP contribution in [0.15, 0.2) is 36.8 Å². The van der Waals surface area contributed by atoms with E-state index in [9.17, 15) is 4.79 Å². The Bertz CT molecular complexity index is 424. The van der Waals surface area contributed by atoms with Crippen molar-refractivity contribution in [3.63, 3.8) is 0 Å². The Kier molecular flexibility index (Phi) is 2.73. The van der Waals surface area contributed by atoms with Crippen LogP contribution in [0.3, 0.4) is 0 Å². The lowest BCUT2D eigenvalue weighted by Crippen LogP contribution is -2.22. The number of hydrogen-bond acceptors (Lipinski definition) is 3. The van der Waals surface area contributed by atoms with Crippen LogP contribution in [0.2, 0.25) is 0 Å².